The van der Waals surface area contributed by atoms with Crippen molar-refractivity contribution < 1.29 is 13.2 Å². The lowest BCUT2D eigenvalue weighted by Crippen LogP contribution is -2.36. The molecule has 1 aromatic rings. The van der Waals surface area contributed by atoms with E-state index in [0.717, 1.165) is 16.0 Å². The number of carbonyl (C=O) groups excluding carboxylic acids is 1. The Kier molecular flexibility index (Phi) is 6.04. The van der Waals surface area contributed by atoms with Gasteiger partial charge >= 0.3 is 0 Å². The van der Waals surface area contributed by atoms with Gasteiger partial charge in [0.15, 0.2) is 14.2 Å². The maximum Gasteiger partial charge on any atom is 0.230 e. The molecule has 0 radical (unpaired) electrons. The van der Waals surface area contributed by atoms with E-state index < -0.39 is 9.84 Å². The van der Waals surface area contributed by atoms with Crippen LogP contribution in [0.1, 0.15) is 20.3 Å². The number of aromatic nitrogens is 2. The van der Waals surface area contributed by atoms with E-state index >= 15 is 0 Å². The Morgan fingerprint density at radius 2 is 2.23 bits per heavy atom. The second-order valence-corrected chi connectivity index (χ2v) is 10.0. The largest absolute Gasteiger partial charge is 0.360 e. The zero-order chi connectivity index (χ0) is 16.2. The Morgan fingerprint density at radius 1 is 1.45 bits per heavy atom. The fourth-order valence-corrected chi connectivity index (χ4v) is 5.18. The van der Waals surface area contributed by atoms with E-state index in [2.05, 4.69) is 34.7 Å². The molecule has 2 rings (SSSR count). The standard InChI is InChI=1S/C12H20N4O3S3/c1-8(2)5-13-11-15-16-12(21-11)20-6-10(17)14-9-3-4-22(18,19)7-9/h8-9H,3-7H2,1-2H3,(H,13,15)(H,14,17)/t9-/m1/s1. The van der Waals surface area contributed by atoms with Crippen LogP contribution in [0.5, 0.6) is 0 Å². The molecule has 1 aromatic heterocycles. The fraction of sp³-hybridized carbons (Fsp3) is 0.750. The van der Waals surface area contributed by atoms with Crippen molar-refractivity contribution in [3.63, 3.8) is 0 Å². The maximum absolute atomic E-state index is 11.8. The van der Waals surface area contributed by atoms with Crippen molar-refractivity contribution in [2.24, 2.45) is 5.92 Å². The van der Waals surface area contributed by atoms with E-state index in [1.54, 1.807) is 0 Å². The van der Waals surface area contributed by atoms with E-state index in [1.807, 2.05) is 0 Å². The van der Waals surface area contributed by atoms with Gasteiger partial charge in [0.05, 0.1) is 17.3 Å². The summed E-state index contributed by atoms with van der Waals surface area (Å²) in [4.78, 5) is 11.8. The number of anilines is 1. The van der Waals surface area contributed by atoms with E-state index in [-0.39, 0.29) is 29.2 Å². The molecule has 7 nitrogen and oxygen atoms in total. The SMILES string of the molecule is CC(C)CNc1nnc(SCC(=O)N[C@@H]2CCS(=O)(=O)C2)s1. The lowest BCUT2D eigenvalue weighted by atomic mass is 10.2. The molecule has 1 aliphatic rings. The highest BCUT2D eigenvalue weighted by molar-refractivity contribution is 8.01. The molecule has 0 bridgehead atoms. The number of amides is 1. The maximum atomic E-state index is 11.8. The van der Waals surface area contributed by atoms with Crippen molar-refractivity contribution in [1.82, 2.24) is 15.5 Å². The Balaban J connectivity index is 1.72. The van der Waals surface area contributed by atoms with Crippen LogP contribution in [0.4, 0.5) is 5.13 Å². The molecule has 22 heavy (non-hydrogen) atoms. The third-order valence-electron chi connectivity index (χ3n) is 2.99. The molecule has 0 unspecified atom stereocenters. The minimum atomic E-state index is -2.97. The van der Waals surface area contributed by atoms with Crippen molar-refractivity contribution in [2.75, 3.05) is 29.1 Å². The molecule has 0 spiro atoms. The molecular weight excluding hydrogens is 344 g/mol. The lowest BCUT2D eigenvalue weighted by molar-refractivity contribution is -0.119. The van der Waals surface area contributed by atoms with Crippen LogP contribution in [0.3, 0.4) is 0 Å². The Bertz CT molecular complexity index is 615. The summed E-state index contributed by atoms with van der Waals surface area (Å²) in [6.07, 6.45) is 0.501. The number of rotatable bonds is 7. The van der Waals surface area contributed by atoms with Gasteiger partial charge in [-0.15, -0.1) is 10.2 Å². The second-order valence-electron chi connectivity index (χ2n) is 5.60. The van der Waals surface area contributed by atoms with Gasteiger partial charge in [0.25, 0.3) is 0 Å². The number of hydrogen-bond acceptors (Lipinski definition) is 8. The lowest BCUT2D eigenvalue weighted by Gasteiger charge is -2.09. The van der Waals surface area contributed by atoms with Crippen LogP contribution >= 0.6 is 23.1 Å². The molecule has 1 atom stereocenters. The fourth-order valence-electron chi connectivity index (χ4n) is 1.94. The topological polar surface area (TPSA) is 101 Å². The molecule has 1 fully saturated rings. The number of nitrogens with one attached hydrogen (secondary N) is 2. The number of sulfone groups is 1. The van der Waals surface area contributed by atoms with Crippen LogP contribution in [-0.2, 0) is 14.6 Å². The van der Waals surface area contributed by atoms with Gasteiger partial charge in [0.2, 0.25) is 11.0 Å². The Morgan fingerprint density at radius 3 is 2.86 bits per heavy atom. The second kappa shape index (κ2) is 7.60. The van der Waals surface area contributed by atoms with Crippen molar-refractivity contribution in [3.8, 4) is 0 Å². The van der Waals surface area contributed by atoms with Crippen LogP contribution in [0.2, 0.25) is 0 Å². The average molecular weight is 365 g/mol. The first-order chi connectivity index (χ1) is 10.3. The van der Waals surface area contributed by atoms with Gasteiger partial charge in [-0.1, -0.05) is 36.9 Å². The highest BCUT2D eigenvalue weighted by Gasteiger charge is 2.28. The third-order valence-corrected chi connectivity index (χ3v) is 6.77. The first-order valence-electron chi connectivity index (χ1n) is 7.04. The van der Waals surface area contributed by atoms with Gasteiger partial charge in [0, 0.05) is 12.6 Å². The molecule has 1 aliphatic heterocycles. The van der Waals surface area contributed by atoms with Crippen LogP contribution < -0.4 is 10.6 Å². The molecule has 10 heteroatoms. The molecule has 2 heterocycles. The van der Waals surface area contributed by atoms with E-state index in [9.17, 15) is 13.2 Å². The smallest absolute Gasteiger partial charge is 0.230 e. The van der Waals surface area contributed by atoms with Gasteiger partial charge in [0.1, 0.15) is 0 Å². The van der Waals surface area contributed by atoms with Crippen molar-refractivity contribution in [2.45, 2.75) is 30.6 Å². The number of hydrogen-bond donors (Lipinski definition) is 2. The molecule has 0 saturated carbocycles. The summed E-state index contributed by atoms with van der Waals surface area (Å²) in [7, 11) is -2.97. The molecule has 0 aromatic carbocycles. The highest BCUT2D eigenvalue weighted by Crippen LogP contribution is 2.25. The summed E-state index contributed by atoms with van der Waals surface area (Å²) in [5.41, 5.74) is 0. The summed E-state index contributed by atoms with van der Waals surface area (Å²) in [5.74, 6) is 0.778. The van der Waals surface area contributed by atoms with E-state index in [4.69, 9.17) is 0 Å². The molecule has 1 saturated heterocycles. The molecule has 1 amide bonds. The van der Waals surface area contributed by atoms with E-state index in [1.165, 1.54) is 23.1 Å². The highest BCUT2D eigenvalue weighted by atomic mass is 32.2. The van der Waals surface area contributed by atoms with Crippen LogP contribution in [0, 0.1) is 5.92 Å². The summed E-state index contributed by atoms with van der Waals surface area (Å²) in [6, 6.07) is -0.254. The minimum Gasteiger partial charge on any atom is -0.360 e. The van der Waals surface area contributed by atoms with Gasteiger partial charge in [-0.05, 0) is 12.3 Å². The monoisotopic (exact) mass is 364 g/mol. The molecule has 124 valence electrons. The molecule has 2 N–H and O–H groups in total. The zero-order valence-electron chi connectivity index (χ0n) is 12.5. The average Bonchev–Trinajstić information content (AvgIpc) is 3.00. The summed E-state index contributed by atoms with van der Waals surface area (Å²) in [6.45, 7) is 5.05. The van der Waals surface area contributed by atoms with E-state index in [0.29, 0.717) is 12.3 Å². The predicted octanol–water partition coefficient (Wildman–Crippen LogP) is 1.00. The van der Waals surface area contributed by atoms with Crippen LogP contribution in [0.15, 0.2) is 4.34 Å². The van der Waals surface area contributed by atoms with Gasteiger partial charge in [-0.3, -0.25) is 4.79 Å². The van der Waals surface area contributed by atoms with Gasteiger partial charge < -0.3 is 10.6 Å². The predicted molar refractivity (Wildman–Crippen MR) is 89.2 cm³/mol. The Labute approximate surface area is 138 Å². The van der Waals surface area contributed by atoms with Gasteiger partial charge in [-0.25, -0.2) is 8.42 Å². The van der Waals surface area contributed by atoms with Crippen molar-refractivity contribution >= 4 is 44.0 Å². The summed E-state index contributed by atoms with van der Waals surface area (Å²) in [5, 5.41) is 14.7. The van der Waals surface area contributed by atoms with Gasteiger partial charge in [-0.2, -0.15) is 0 Å². The molecular formula is C12H20N4O3S3. The minimum absolute atomic E-state index is 0.0471. The normalized spacial score (nSPS) is 20.2. The summed E-state index contributed by atoms with van der Waals surface area (Å²) >= 11 is 2.72. The van der Waals surface area contributed by atoms with Crippen LogP contribution in [-0.4, -0.2) is 54.4 Å². The van der Waals surface area contributed by atoms with Crippen molar-refractivity contribution in [1.29, 1.82) is 0 Å². The first-order valence-corrected chi connectivity index (χ1v) is 10.7. The Hall–Kier alpha value is -0.870. The number of carbonyl (C=O) groups is 1. The molecule has 0 aliphatic carbocycles. The first kappa shape index (κ1) is 17.5. The van der Waals surface area contributed by atoms with Crippen LogP contribution in [0.25, 0.3) is 0 Å². The third kappa shape index (κ3) is 5.73. The zero-order valence-corrected chi connectivity index (χ0v) is 15.0. The number of thioether (sulfide) groups is 1. The summed E-state index contributed by atoms with van der Waals surface area (Å²) < 4.78 is 23.4. The quantitative estimate of drug-likeness (QED) is 0.696. The number of nitrogens with zero attached hydrogens (tertiary/aromatic N) is 2. The van der Waals surface area contributed by atoms with Crippen molar-refractivity contribution in [3.05, 3.63) is 0 Å².